The van der Waals surface area contributed by atoms with Crippen LogP contribution in [0.3, 0.4) is 0 Å². The van der Waals surface area contributed by atoms with E-state index in [1.165, 1.54) is 11.1 Å². The van der Waals surface area contributed by atoms with Gasteiger partial charge in [-0.05, 0) is 48.1 Å². The van der Waals surface area contributed by atoms with Crippen LogP contribution in [0, 0.1) is 0 Å². The minimum Gasteiger partial charge on any atom is -0.264 e. The van der Waals surface area contributed by atoms with Crippen molar-refractivity contribution >= 4 is 23.2 Å². The molecule has 0 amide bonds. The van der Waals surface area contributed by atoms with Gasteiger partial charge in [-0.25, -0.2) is 0 Å². The van der Waals surface area contributed by atoms with E-state index in [0.29, 0.717) is 16.0 Å². The lowest BCUT2D eigenvalue weighted by Gasteiger charge is -2.17. The van der Waals surface area contributed by atoms with Gasteiger partial charge >= 0.3 is 0 Å². The van der Waals surface area contributed by atoms with Crippen LogP contribution in [0.2, 0.25) is 10.0 Å². The smallest absolute Gasteiger partial charge is 0.0595 e. The standard InChI is InChI=1S/C16H17Cl2N/c1-2-4-13(9-12-5-3-8-19-11-12)14-6-7-15(17)16(18)10-14/h3,5-8,10-11,13H,2,4,9H2,1H3. The van der Waals surface area contributed by atoms with Crippen molar-refractivity contribution in [3.8, 4) is 0 Å². The Kier molecular flexibility index (Phi) is 5.24. The minimum absolute atomic E-state index is 0.462. The summed E-state index contributed by atoms with van der Waals surface area (Å²) < 4.78 is 0. The highest BCUT2D eigenvalue weighted by atomic mass is 35.5. The summed E-state index contributed by atoms with van der Waals surface area (Å²) >= 11 is 12.1. The fourth-order valence-electron chi connectivity index (χ4n) is 2.30. The summed E-state index contributed by atoms with van der Waals surface area (Å²) in [6.07, 6.45) is 7.00. The fourth-order valence-corrected chi connectivity index (χ4v) is 2.61. The van der Waals surface area contributed by atoms with Gasteiger partial charge in [-0.15, -0.1) is 0 Å². The van der Waals surface area contributed by atoms with Crippen LogP contribution in [0.1, 0.15) is 36.8 Å². The number of hydrogen-bond donors (Lipinski definition) is 0. The van der Waals surface area contributed by atoms with Gasteiger partial charge in [0, 0.05) is 12.4 Å². The molecule has 0 aliphatic carbocycles. The molecule has 2 rings (SSSR count). The molecule has 1 heterocycles. The number of benzene rings is 1. The number of nitrogens with zero attached hydrogens (tertiary/aromatic N) is 1. The molecule has 0 aliphatic heterocycles. The van der Waals surface area contributed by atoms with Crippen LogP contribution < -0.4 is 0 Å². The molecule has 0 radical (unpaired) electrons. The molecule has 1 unspecified atom stereocenters. The average Bonchev–Trinajstić information content (AvgIpc) is 2.43. The largest absolute Gasteiger partial charge is 0.264 e. The first-order valence-electron chi connectivity index (χ1n) is 6.54. The Bertz CT molecular complexity index is 526. The lowest BCUT2D eigenvalue weighted by molar-refractivity contribution is 0.609. The van der Waals surface area contributed by atoms with E-state index in [9.17, 15) is 0 Å². The van der Waals surface area contributed by atoms with Crippen LogP contribution in [0.15, 0.2) is 42.7 Å². The molecule has 0 saturated heterocycles. The van der Waals surface area contributed by atoms with Crippen molar-refractivity contribution in [2.75, 3.05) is 0 Å². The fraction of sp³-hybridized carbons (Fsp3) is 0.312. The zero-order chi connectivity index (χ0) is 13.7. The third-order valence-electron chi connectivity index (χ3n) is 3.26. The van der Waals surface area contributed by atoms with E-state index in [0.717, 1.165) is 19.3 Å². The molecule has 100 valence electrons. The van der Waals surface area contributed by atoms with Crippen LogP contribution in [0.4, 0.5) is 0 Å². The maximum atomic E-state index is 6.12. The van der Waals surface area contributed by atoms with E-state index in [1.807, 2.05) is 24.4 Å². The van der Waals surface area contributed by atoms with Crippen molar-refractivity contribution in [3.63, 3.8) is 0 Å². The maximum Gasteiger partial charge on any atom is 0.0595 e. The molecule has 1 atom stereocenters. The molecule has 0 saturated carbocycles. The highest BCUT2D eigenvalue weighted by Gasteiger charge is 2.13. The number of pyridine rings is 1. The molecule has 1 aromatic carbocycles. The summed E-state index contributed by atoms with van der Waals surface area (Å²) in [5.74, 6) is 0.462. The first kappa shape index (κ1) is 14.4. The van der Waals surface area contributed by atoms with Gasteiger partial charge in [0.05, 0.1) is 10.0 Å². The predicted molar refractivity (Wildman–Crippen MR) is 82.1 cm³/mol. The summed E-state index contributed by atoms with van der Waals surface area (Å²) in [5, 5.41) is 1.24. The Morgan fingerprint density at radius 1 is 1.16 bits per heavy atom. The van der Waals surface area contributed by atoms with Gasteiger partial charge in [-0.1, -0.05) is 48.7 Å². The average molecular weight is 294 g/mol. The Labute approximate surface area is 124 Å². The van der Waals surface area contributed by atoms with Crippen molar-refractivity contribution in [3.05, 3.63) is 63.9 Å². The first-order chi connectivity index (χ1) is 9.20. The Balaban J connectivity index is 2.21. The second kappa shape index (κ2) is 6.93. The molecule has 0 fully saturated rings. The summed E-state index contributed by atoms with van der Waals surface area (Å²) in [4.78, 5) is 4.18. The molecule has 1 nitrogen and oxygen atoms in total. The van der Waals surface area contributed by atoms with Gasteiger partial charge in [-0.3, -0.25) is 4.98 Å². The van der Waals surface area contributed by atoms with E-state index < -0.39 is 0 Å². The molecule has 0 bridgehead atoms. The lowest BCUT2D eigenvalue weighted by atomic mass is 9.89. The Morgan fingerprint density at radius 2 is 2.00 bits per heavy atom. The van der Waals surface area contributed by atoms with E-state index >= 15 is 0 Å². The van der Waals surface area contributed by atoms with Crippen LogP contribution in [0.5, 0.6) is 0 Å². The normalized spacial score (nSPS) is 12.4. The van der Waals surface area contributed by atoms with Crippen LogP contribution in [0.25, 0.3) is 0 Å². The molecule has 2 aromatic rings. The molecule has 0 aliphatic rings. The number of hydrogen-bond acceptors (Lipinski definition) is 1. The maximum absolute atomic E-state index is 6.12. The first-order valence-corrected chi connectivity index (χ1v) is 7.30. The zero-order valence-corrected chi connectivity index (χ0v) is 12.5. The van der Waals surface area contributed by atoms with E-state index in [4.69, 9.17) is 23.2 Å². The second-order valence-corrected chi connectivity index (χ2v) is 5.54. The van der Waals surface area contributed by atoms with E-state index in [2.05, 4.69) is 24.0 Å². The van der Waals surface area contributed by atoms with Crippen molar-refractivity contribution in [2.45, 2.75) is 32.1 Å². The summed E-state index contributed by atoms with van der Waals surface area (Å²) in [6, 6.07) is 10.0. The summed E-state index contributed by atoms with van der Waals surface area (Å²) in [6.45, 7) is 2.20. The zero-order valence-electron chi connectivity index (χ0n) is 10.9. The monoisotopic (exact) mass is 293 g/mol. The quantitative estimate of drug-likeness (QED) is 0.708. The molecule has 0 spiro atoms. The number of aromatic nitrogens is 1. The predicted octanol–water partition coefficient (Wildman–Crippen LogP) is 5.51. The van der Waals surface area contributed by atoms with Crippen molar-refractivity contribution in [1.82, 2.24) is 4.98 Å². The van der Waals surface area contributed by atoms with Crippen LogP contribution in [-0.2, 0) is 6.42 Å². The van der Waals surface area contributed by atoms with Gasteiger partial charge in [0.25, 0.3) is 0 Å². The lowest BCUT2D eigenvalue weighted by Crippen LogP contribution is -2.03. The molecule has 3 heteroatoms. The third-order valence-corrected chi connectivity index (χ3v) is 4.00. The third kappa shape index (κ3) is 3.95. The second-order valence-electron chi connectivity index (χ2n) is 4.72. The van der Waals surface area contributed by atoms with E-state index in [-0.39, 0.29) is 0 Å². The topological polar surface area (TPSA) is 12.9 Å². The van der Waals surface area contributed by atoms with E-state index in [1.54, 1.807) is 6.20 Å². The Hall–Kier alpha value is -1.05. The highest BCUT2D eigenvalue weighted by Crippen LogP contribution is 2.30. The summed E-state index contributed by atoms with van der Waals surface area (Å²) in [7, 11) is 0. The van der Waals surface area contributed by atoms with Crippen LogP contribution >= 0.6 is 23.2 Å². The molecule has 0 N–H and O–H groups in total. The number of halogens is 2. The minimum atomic E-state index is 0.462. The molecular weight excluding hydrogens is 277 g/mol. The molecule has 1 aromatic heterocycles. The van der Waals surface area contributed by atoms with Gasteiger partial charge in [0.2, 0.25) is 0 Å². The molecule has 19 heavy (non-hydrogen) atoms. The SMILES string of the molecule is CCCC(Cc1cccnc1)c1ccc(Cl)c(Cl)c1. The highest BCUT2D eigenvalue weighted by molar-refractivity contribution is 6.42. The van der Waals surface area contributed by atoms with Crippen molar-refractivity contribution in [2.24, 2.45) is 0 Å². The van der Waals surface area contributed by atoms with Crippen molar-refractivity contribution < 1.29 is 0 Å². The van der Waals surface area contributed by atoms with Gasteiger partial charge in [0.15, 0.2) is 0 Å². The Morgan fingerprint density at radius 3 is 2.63 bits per heavy atom. The number of rotatable bonds is 5. The van der Waals surface area contributed by atoms with Crippen molar-refractivity contribution in [1.29, 1.82) is 0 Å². The summed E-state index contributed by atoms with van der Waals surface area (Å²) in [5.41, 5.74) is 2.51. The van der Waals surface area contributed by atoms with Gasteiger partial charge < -0.3 is 0 Å². The van der Waals surface area contributed by atoms with Crippen LogP contribution in [-0.4, -0.2) is 4.98 Å². The molecular formula is C16H17Cl2N. The van der Waals surface area contributed by atoms with Gasteiger partial charge in [0.1, 0.15) is 0 Å². The van der Waals surface area contributed by atoms with Gasteiger partial charge in [-0.2, -0.15) is 0 Å².